The van der Waals surface area contributed by atoms with Gasteiger partial charge in [-0.25, -0.2) is 9.97 Å². The molecule has 1 fully saturated rings. The Labute approximate surface area is 146 Å². The van der Waals surface area contributed by atoms with Crippen LogP contribution in [0.1, 0.15) is 34.7 Å². The van der Waals surface area contributed by atoms with Gasteiger partial charge in [0.15, 0.2) is 0 Å². The first-order valence-corrected chi connectivity index (χ1v) is 9.10. The highest BCUT2D eigenvalue weighted by atomic mass is 32.1. The third-order valence-electron chi connectivity index (χ3n) is 3.99. The smallest absolute Gasteiger partial charge is 0.244 e. The normalized spacial score (nSPS) is 15.0. The lowest BCUT2D eigenvalue weighted by Crippen LogP contribution is -2.30. The molecule has 5 nitrogen and oxygen atoms in total. The van der Waals surface area contributed by atoms with Gasteiger partial charge in [-0.15, -0.1) is 11.3 Å². The van der Waals surface area contributed by atoms with Crippen molar-refractivity contribution < 1.29 is 4.79 Å². The molecule has 24 heavy (non-hydrogen) atoms. The average molecular weight is 342 g/mol. The van der Waals surface area contributed by atoms with Crippen LogP contribution >= 0.6 is 11.3 Å². The van der Waals surface area contributed by atoms with Gasteiger partial charge in [0.2, 0.25) is 5.91 Å². The summed E-state index contributed by atoms with van der Waals surface area (Å²) < 4.78 is 0. The lowest BCUT2D eigenvalue weighted by Gasteiger charge is -2.27. The topological polar surface area (TPSA) is 58.1 Å². The predicted octanol–water partition coefficient (Wildman–Crippen LogP) is 3.17. The quantitative estimate of drug-likeness (QED) is 0.848. The lowest BCUT2D eigenvalue weighted by molar-refractivity contribution is -0.116. The minimum Gasteiger partial charge on any atom is -0.357 e. The van der Waals surface area contributed by atoms with Crippen LogP contribution in [0.15, 0.2) is 30.6 Å². The second-order valence-electron chi connectivity index (χ2n) is 5.91. The molecule has 0 unspecified atom stereocenters. The molecule has 3 heterocycles. The van der Waals surface area contributed by atoms with Crippen LogP contribution in [0.5, 0.6) is 0 Å². The van der Waals surface area contributed by atoms with Crippen LogP contribution in [0.2, 0.25) is 0 Å². The number of carbonyl (C=O) groups excluding carboxylic acids is 1. The molecule has 0 saturated carbocycles. The minimum atomic E-state index is -0.110. The van der Waals surface area contributed by atoms with E-state index in [0.717, 1.165) is 34.4 Å². The van der Waals surface area contributed by atoms with E-state index in [1.54, 1.807) is 29.7 Å². The number of nitrogens with zero attached hydrogens (tertiary/aromatic N) is 3. The van der Waals surface area contributed by atoms with Crippen LogP contribution < -0.4 is 10.2 Å². The predicted molar refractivity (Wildman–Crippen MR) is 98.0 cm³/mol. The summed E-state index contributed by atoms with van der Waals surface area (Å²) in [7, 11) is 0. The van der Waals surface area contributed by atoms with Gasteiger partial charge in [0.25, 0.3) is 0 Å². The molecule has 0 radical (unpaired) electrons. The van der Waals surface area contributed by atoms with Gasteiger partial charge in [0.05, 0.1) is 5.01 Å². The van der Waals surface area contributed by atoms with Crippen LogP contribution in [0, 0.1) is 6.92 Å². The van der Waals surface area contributed by atoms with Crippen molar-refractivity contribution in [2.24, 2.45) is 0 Å². The van der Waals surface area contributed by atoms with E-state index >= 15 is 0 Å². The number of carbonyl (C=O) groups is 1. The largest absolute Gasteiger partial charge is 0.357 e. The maximum absolute atomic E-state index is 11.9. The van der Waals surface area contributed by atoms with Crippen molar-refractivity contribution in [2.45, 2.75) is 32.7 Å². The van der Waals surface area contributed by atoms with Crippen molar-refractivity contribution in [2.75, 3.05) is 18.0 Å². The number of amides is 1. The molecule has 0 aliphatic carbocycles. The Hall–Kier alpha value is -2.21. The van der Waals surface area contributed by atoms with Crippen molar-refractivity contribution in [1.82, 2.24) is 15.3 Å². The first-order chi connectivity index (χ1) is 11.7. The number of aryl methyl sites for hydroxylation is 1. The average Bonchev–Trinajstić information content (AvgIpc) is 3.05. The Morgan fingerprint density at radius 3 is 2.75 bits per heavy atom. The molecule has 2 aromatic heterocycles. The van der Waals surface area contributed by atoms with Gasteiger partial charge in [-0.3, -0.25) is 4.79 Å². The molecule has 3 rings (SSSR count). The maximum Gasteiger partial charge on any atom is 0.244 e. The molecule has 6 heteroatoms. The first-order valence-electron chi connectivity index (χ1n) is 8.29. The van der Waals surface area contributed by atoms with Crippen molar-refractivity contribution in [3.63, 3.8) is 0 Å². The molecule has 0 atom stereocenters. The molecule has 1 aliphatic rings. The number of pyridine rings is 1. The number of hydrogen-bond donors (Lipinski definition) is 1. The number of aromatic nitrogens is 2. The molecule has 1 aliphatic heterocycles. The van der Waals surface area contributed by atoms with E-state index in [1.165, 1.54) is 19.3 Å². The standard InChI is InChI=1S/C18H22N4OS/c1-14-19-13-16(24-14)6-8-18(23)21-12-15-5-7-17(20-11-15)22-9-3-2-4-10-22/h5-8,11,13H,2-4,9-10,12H2,1H3,(H,21,23). The number of piperidine rings is 1. The summed E-state index contributed by atoms with van der Waals surface area (Å²) in [5, 5.41) is 3.88. The number of nitrogens with one attached hydrogen (secondary N) is 1. The maximum atomic E-state index is 11.9. The van der Waals surface area contributed by atoms with Crippen molar-refractivity contribution >= 4 is 29.1 Å². The van der Waals surface area contributed by atoms with E-state index in [0.29, 0.717) is 6.54 Å². The van der Waals surface area contributed by atoms with E-state index in [-0.39, 0.29) is 5.91 Å². The Kier molecular flexibility index (Phi) is 5.59. The molecule has 1 N–H and O–H groups in total. The zero-order valence-corrected chi connectivity index (χ0v) is 14.7. The SMILES string of the molecule is Cc1ncc(C=CC(=O)NCc2ccc(N3CCCCC3)nc2)s1. The molecule has 1 amide bonds. The summed E-state index contributed by atoms with van der Waals surface area (Å²) in [6, 6.07) is 4.08. The second-order valence-corrected chi connectivity index (χ2v) is 7.17. The Morgan fingerprint density at radius 1 is 1.25 bits per heavy atom. The Bertz CT molecular complexity index is 702. The molecular formula is C18H22N4OS. The van der Waals surface area contributed by atoms with Crippen molar-refractivity contribution in [3.8, 4) is 0 Å². The number of hydrogen-bond acceptors (Lipinski definition) is 5. The molecule has 0 aromatic carbocycles. The summed E-state index contributed by atoms with van der Waals surface area (Å²) in [4.78, 5) is 23.9. The highest BCUT2D eigenvalue weighted by Crippen LogP contribution is 2.17. The number of thiazole rings is 1. The first kappa shape index (κ1) is 16.6. The van der Waals surface area contributed by atoms with E-state index < -0.39 is 0 Å². The Morgan fingerprint density at radius 2 is 2.08 bits per heavy atom. The van der Waals surface area contributed by atoms with E-state index in [2.05, 4.69) is 20.2 Å². The molecule has 1 saturated heterocycles. The molecule has 0 spiro atoms. The fourth-order valence-electron chi connectivity index (χ4n) is 2.69. The summed E-state index contributed by atoms with van der Waals surface area (Å²) >= 11 is 1.57. The van der Waals surface area contributed by atoms with Crippen LogP contribution in [0.25, 0.3) is 6.08 Å². The van der Waals surface area contributed by atoms with Crippen molar-refractivity contribution in [1.29, 1.82) is 0 Å². The fourth-order valence-corrected chi connectivity index (χ4v) is 3.38. The molecular weight excluding hydrogens is 320 g/mol. The summed E-state index contributed by atoms with van der Waals surface area (Å²) in [6.45, 7) is 4.61. The van der Waals surface area contributed by atoms with Crippen molar-refractivity contribution in [3.05, 3.63) is 46.1 Å². The van der Waals surface area contributed by atoms with Gasteiger partial charge >= 0.3 is 0 Å². The van der Waals surface area contributed by atoms with Crippen LogP contribution in [-0.4, -0.2) is 29.0 Å². The molecule has 0 bridgehead atoms. The van der Waals surface area contributed by atoms with Gasteiger partial charge in [-0.1, -0.05) is 6.07 Å². The van der Waals surface area contributed by atoms with E-state index in [1.807, 2.05) is 25.3 Å². The van der Waals surface area contributed by atoms with Gasteiger partial charge in [-0.2, -0.15) is 0 Å². The third-order valence-corrected chi connectivity index (χ3v) is 4.87. The highest BCUT2D eigenvalue weighted by Gasteiger charge is 2.11. The van der Waals surface area contributed by atoms with Crippen LogP contribution in [0.3, 0.4) is 0 Å². The number of anilines is 1. The fraction of sp³-hybridized carbons (Fsp3) is 0.389. The van der Waals surface area contributed by atoms with E-state index in [4.69, 9.17) is 0 Å². The summed E-state index contributed by atoms with van der Waals surface area (Å²) in [5.74, 6) is 0.923. The lowest BCUT2D eigenvalue weighted by atomic mass is 10.1. The highest BCUT2D eigenvalue weighted by molar-refractivity contribution is 7.12. The zero-order valence-electron chi connectivity index (χ0n) is 13.9. The Balaban J connectivity index is 1.49. The van der Waals surface area contributed by atoms with Gasteiger partial charge in [0, 0.05) is 43.0 Å². The summed E-state index contributed by atoms with van der Waals surface area (Å²) in [6.07, 6.45) is 10.7. The van der Waals surface area contributed by atoms with E-state index in [9.17, 15) is 4.79 Å². The van der Waals surface area contributed by atoms with Gasteiger partial charge < -0.3 is 10.2 Å². The minimum absolute atomic E-state index is 0.110. The van der Waals surface area contributed by atoms with Crippen LogP contribution in [0.4, 0.5) is 5.82 Å². The summed E-state index contributed by atoms with van der Waals surface area (Å²) in [5.41, 5.74) is 1.01. The second kappa shape index (κ2) is 8.06. The van der Waals surface area contributed by atoms with Gasteiger partial charge in [-0.05, 0) is 43.9 Å². The molecule has 2 aromatic rings. The van der Waals surface area contributed by atoms with Crippen LogP contribution in [-0.2, 0) is 11.3 Å². The third kappa shape index (κ3) is 4.64. The zero-order chi connectivity index (χ0) is 16.8. The monoisotopic (exact) mass is 342 g/mol. The number of rotatable bonds is 5. The molecule has 126 valence electrons. The van der Waals surface area contributed by atoms with Gasteiger partial charge in [0.1, 0.15) is 5.82 Å².